The van der Waals surface area contributed by atoms with Gasteiger partial charge in [0.25, 0.3) is 0 Å². The summed E-state index contributed by atoms with van der Waals surface area (Å²) in [6.45, 7) is 2.78. The first-order valence-electron chi connectivity index (χ1n) is 7.93. The molecule has 1 atom stereocenters. The smallest absolute Gasteiger partial charge is 0.237 e. The number of carbonyl (C=O) groups excluding carboxylic acids is 2. The van der Waals surface area contributed by atoms with Gasteiger partial charge in [-0.3, -0.25) is 9.59 Å². The maximum Gasteiger partial charge on any atom is 0.237 e. The van der Waals surface area contributed by atoms with Crippen molar-refractivity contribution in [2.45, 2.75) is 34.8 Å². The van der Waals surface area contributed by atoms with Crippen LogP contribution in [0.3, 0.4) is 0 Å². The number of hydrogen-bond acceptors (Lipinski definition) is 6. The van der Waals surface area contributed by atoms with Gasteiger partial charge in [-0.05, 0) is 31.5 Å². The lowest BCUT2D eigenvalue weighted by molar-refractivity contribution is -0.120. The second-order valence-electron chi connectivity index (χ2n) is 5.67. The molecule has 7 nitrogen and oxygen atoms in total. The summed E-state index contributed by atoms with van der Waals surface area (Å²) < 4.78 is 29.7. The van der Waals surface area contributed by atoms with Crippen molar-refractivity contribution in [2.75, 3.05) is 31.3 Å². The molecule has 2 rings (SSSR count). The van der Waals surface area contributed by atoms with Gasteiger partial charge in [0.2, 0.25) is 11.8 Å². The van der Waals surface area contributed by atoms with Gasteiger partial charge >= 0.3 is 0 Å². The second-order valence-corrected chi connectivity index (χ2v) is 9.16. The van der Waals surface area contributed by atoms with E-state index in [0.29, 0.717) is 25.3 Å². The molecule has 25 heavy (non-hydrogen) atoms. The SMILES string of the molecule is COCCCNC(=O)CCS(=O)(=O)c1ccc2c(c1)NC(=O)[C@H](C)S2. The number of amides is 2. The van der Waals surface area contributed by atoms with E-state index in [1.165, 1.54) is 23.9 Å². The molecular formula is C16H22N2O5S2. The lowest BCUT2D eigenvalue weighted by Gasteiger charge is -2.21. The van der Waals surface area contributed by atoms with Gasteiger partial charge in [-0.2, -0.15) is 0 Å². The van der Waals surface area contributed by atoms with Crippen LogP contribution in [0.15, 0.2) is 28.0 Å². The summed E-state index contributed by atoms with van der Waals surface area (Å²) in [4.78, 5) is 24.4. The minimum atomic E-state index is -3.60. The molecule has 138 valence electrons. The van der Waals surface area contributed by atoms with E-state index in [2.05, 4.69) is 10.6 Å². The van der Waals surface area contributed by atoms with Gasteiger partial charge in [-0.1, -0.05) is 0 Å². The monoisotopic (exact) mass is 386 g/mol. The molecule has 0 radical (unpaired) electrons. The highest BCUT2D eigenvalue weighted by molar-refractivity contribution is 8.01. The molecule has 0 saturated carbocycles. The Bertz CT molecular complexity index is 749. The van der Waals surface area contributed by atoms with Crippen molar-refractivity contribution < 1.29 is 22.7 Å². The maximum absolute atomic E-state index is 12.4. The zero-order valence-corrected chi connectivity index (χ0v) is 15.8. The first-order chi connectivity index (χ1) is 11.8. The Hall–Kier alpha value is -1.58. The third kappa shape index (κ3) is 5.45. The summed E-state index contributed by atoms with van der Waals surface area (Å²) >= 11 is 1.39. The van der Waals surface area contributed by atoms with Crippen molar-refractivity contribution in [1.29, 1.82) is 0 Å². The number of ether oxygens (including phenoxy) is 1. The number of sulfone groups is 1. The number of anilines is 1. The number of nitrogens with one attached hydrogen (secondary N) is 2. The fourth-order valence-corrected chi connectivity index (χ4v) is 4.45. The van der Waals surface area contributed by atoms with Crippen LogP contribution < -0.4 is 10.6 Å². The normalized spacial score (nSPS) is 16.9. The first-order valence-corrected chi connectivity index (χ1v) is 10.5. The minimum Gasteiger partial charge on any atom is -0.385 e. The summed E-state index contributed by atoms with van der Waals surface area (Å²) in [5.74, 6) is -0.739. The predicted molar refractivity (Wildman–Crippen MR) is 96.6 cm³/mol. The highest BCUT2D eigenvalue weighted by Gasteiger charge is 2.25. The standard InChI is InChI=1S/C16H22N2O5S2/c1-11-16(20)18-13-10-12(4-5-14(13)24-11)25(21,22)9-6-15(19)17-7-3-8-23-2/h4-5,10-11H,3,6-9H2,1-2H3,(H,17,19)(H,18,20)/t11-/m0/s1. The van der Waals surface area contributed by atoms with Crippen molar-refractivity contribution in [1.82, 2.24) is 5.32 Å². The van der Waals surface area contributed by atoms with Crippen LogP contribution >= 0.6 is 11.8 Å². The number of thioether (sulfide) groups is 1. The van der Waals surface area contributed by atoms with Crippen LogP contribution in [0.4, 0.5) is 5.69 Å². The highest BCUT2D eigenvalue weighted by atomic mass is 32.2. The summed E-state index contributed by atoms with van der Waals surface area (Å²) in [7, 11) is -2.02. The Morgan fingerprint density at radius 2 is 2.16 bits per heavy atom. The Balaban J connectivity index is 1.97. The molecule has 0 bridgehead atoms. The summed E-state index contributed by atoms with van der Waals surface area (Å²) in [6.07, 6.45) is 0.570. The Morgan fingerprint density at radius 3 is 2.88 bits per heavy atom. The van der Waals surface area contributed by atoms with Crippen LogP contribution in [0.25, 0.3) is 0 Å². The van der Waals surface area contributed by atoms with Crippen LogP contribution in [0.1, 0.15) is 19.8 Å². The Labute approximate surface area is 151 Å². The zero-order chi connectivity index (χ0) is 18.4. The van der Waals surface area contributed by atoms with Crippen LogP contribution in [0.2, 0.25) is 0 Å². The van der Waals surface area contributed by atoms with E-state index in [0.717, 1.165) is 4.90 Å². The van der Waals surface area contributed by atoms with Gasteiger partial charge in [-0.25, -0.2) is 8.42 Å². The molecule has 1 aromatic rings. The van der Waals surface area contributed by atoms with E-state index in [1.54, 1.807) is 20.1 Å². The van der Waals surface area contributed by atoms with Gasteiger partial charge < -0.3 is 15.4 Å². The molecule has 2 N–H and O–H groups in total. The third-order valence-corrected chi connectivity index (χ3v) is 6.58. The summed E-state index contributed by atoms with van der Waals surface area (Å²) in [6, 6.07) is 4.66. The molecule has 9 heteroatoms. The molecule has 0 unspecified atom stereocenters. The minimum absolute atomic E-state index is 0.105. The summed E-state index contributed by atoms with van der Waals surface area (Å²) in [5.41, 5.74) is 0.498. The van der Waals surface area contributed by atoms with Gasteiger partial charge in [0.05, 0.1) is 21.6 Å². The maximum atomic E-state index is 12.4. The van der Waals surface area contributed by atoms with Gasteiger partial charge in [0.15, 0.2) is 9.84 Å². The van der Waals surface area contributed by atoms with Crippen molar-refractivity contribution in [3.8, 4) is 0 Å². The zero-order valence-electron chi connectivity index (χ0n) is 14.2. The lowest BCUT2D eigenvalue weighted by Crippen LogP contribution is -2.27. The average molecular weight is 386 g/mol. The molecule has 0 aliphatic carbocycles. The average Bonchev–Trinajstić information content (AvgIpc) is 2.57. The van der Waals surface area contributed by atoms with E-state index >= 15 is 0 Å². The molecule has 1 heterocycles. The molecule has 0 fully saturated rings. The van der Waals surface area contributed by atoms with Crippen LogP contribution in [0, 0.1) is 0 Å². The fourth-order valence-electron chi connectivity index (χ4n) is 2.26. The number of methoxy groups -OCH3 is 1. The number of carbonyl (C=O) groups is 2. The van der Waals surface area contributed by atoms with Crippen molar-refractivity contribution in [3.05, 3.63) is 18.2 Å². The molecule has 1 aliphatic heterocycles. The van der Waals surface area contributed by atoms with Gasteiger partial charge in [0, 0.05) is 31.6 Å². The van der Waals surface area contributed by atoms with E-state index in [9.17, 15) is 18.0 Å². The molecule has 1 aromatic carbocycles. The second kappa shape index (κ2) is 8.68. The molecule has 0 spiro atoms. The quantitative estimate of drug-likeness (QED) is 0.656. The van der Waals surface area contributed by atoms with E-state index in [1.807, 2.05) is 0 Å². The lowest BCUT2D eigenvalue weighted by atomic mass is 10.3. The van der Waals surface area contributed by atoms with Crippen LogP contribution in [-0.2, 0) is 24.2 Å². The Morgan fingerprint density at radius 1 is 1.40 bits per heavy atom. The van der Waals surface area contributed by atoms with Crippen molar-refractivity contribution in [3.63, 3.8) is 0 Å². The van der Waals surface area contributed by atoms with Crippen LogP contribution in [-0.4, -0.2) is 51.5 Å². The van der Waals surface area contributed by atoms with E-state index in [4.69, 9.17) is 4.74 Å². The number of rotatable bonds is 8. The molecule has 1 aliphatic rings. The van der Waals surface area contributed by atoms with Crippen LogP contribution in [0.5, 0.6) is 0 Å². The van der Waals surface area contributed by atoms with Crippen molar-refractivity contribution in [2.24, 2.45) is 0 Å². The van der Waals surface area contributed by atoms with Crippen molar-refractivity contribution >= 4 is 39.1 Å². The van der Waals surface area contributed by atoms with E-state index < -0.39 is 9.84 Å². The number of benzene rings is 1. The number of fused-ring (bicyclic) bond motifs is 1. The highest BCUT2D eigenvalue weighted by Crippen LogP contribution is 2.36. The first kappa shape index (κ1) is 19.7. The number of hydrogen-bond donors (Lipinski definition) is 2. The molecule has 0 saturated heterocycles. The van der Waals surface area contributed by atoms with Gasteiger partial charge in [0.1, 0.15) is 0 Å². The summed E-state index contributed by atoms with van der Waals surface area (Å²) in [5, 5.41) is 5.16. The van der Waals surface area contributed by atoms with E-state index in [-0.39, 0.29) is 34.1 Å². The molecular weight excluding hydrogens is 364 g/mol. The predicted octanol–water partition coefficient (Wildman–Crippen LogP) is 1.44. The largest absolute Gasteiger partial charge is 0.385 e. The Kier molecular flexibility index (Phi) is 6.86. The third-order valence-electron chi connectivity index (χ3n) is 3.69. The molecule has 2 amide bonds. The topological polar surface area (TPSA) is 102 Å². The van der Waals surface area contributed by atoms with Gasteiger partial charge in [-0.15, -0.1) is 11.8 Å². The fraction of sp³-hybridized carbons (Fsp3) is 0.500. The molecule has 0 aromatic heterocycles.